The largest absolute Gasteiger partial charge is 0.465 e. The molecule has 1 heterocycles. The first-order valence-electron chi connectivity index (χ1n) is 8.55. The smallest absolute Gasteiger partial charge is 0.340 e. The van der Waals surface area contributed by atoms with Crippen LogP contribution in [0.1, 0.15) is 17.2 Å². The molecule has 27 heavy (non-hydrogen) atoms. The minimum Gasteiger partial charge on any atom is -0.465 e. The summed E-state index contributed by atoms with van der Waals surface area (Å²) in [7, 11) is 2.58. The second kappa shape index (κ2) is 7.91. The van der Waals surface area contributed by atoms with E-state index in [4.69, 9.17) is 9.47 Å². The number of anilines is 1. The van der Waals surface area contributed by atoms with Gasteiger partial charge in [0.1, 0.15) is 0 Å². The van der Waals surface area contributed by atoms with Crippen LogP contribution < -0.4 is 4.90 Å². The first-order valence-corrected chi connectivity index (χ1v) is 8.55. The van der Waals surface area contributed by atoms with E-state index in [0.717, 1.165) is 16.8 Å². The second-order valence-corrected chi connectivity index (χ2v) is 6.21. The van der Waals surface area contributed by atoms with Crippen molar-refractivity contribution in [2.75, 3.05) is 19.1 Å². The lowest BCUT2D eigenvalue weighted by molar-refractivity contribution is -0.139. The Bertz CT molecular complexity index is 915. The maximum Gasteiger partial charge on any atom is 0.340 e. The highest BCUT2D eigenvalue weighted by Crippen LogP contribution is 2.36. The van der Waals surface area contributed by atoms with Gasteiger partial charge in [0, 0.05) is 11.9 Å². The average molecular weight is 363 g/mol. The van der Waals surface area contributed by atoms with Gasteiger partial charge >= 0.3 is 11.9 Å². The van der Waals surface area contributed by atoms with Gasteiger partial charge in [-0.25, -0.2) is 9.59 Å². The molecule has 138 valence electrons. The summed E-state index contributed by atoms with van der Waals surface area (Å²) in [6, 6.07) is 17.5. The zero-order chi connectivity index (χ0) is 19.4. The molecule has 0 aliphatic carbocycles. The number of carbonyl (C=O) groups excluding carboxylic acids is 2. The van der Waals surface area contributed by atoms with Crippen molar-refractivity contribution >= 4 is 17.6 Å². The molecule has 1 unspecified atom stereocenters. The summed E-state index contributed by atoms with van der Waals surface area (Å²) >= 11 is 0. The number of ether oxygens (including phenoxy) is 2. The Morgan fingerprint density at radius 3 is 2.19 bits per heavy atom. The highest BCUT2D eigenvalue weighted by atomic mass is 16.5. The number of nitrogens with zero attached hydrogens (tertiary/aromatic N) is 1. The van der Waals surface area contributed by atoms with Gasteiger partial charge in [0.25, 0.3) is 0 Å². The normalized spacial score (nSPS) is 16.3. The number of esters is 2. The number of carbonyl (C=O) groups is 2. The van der Waals surface area contributed by atoms with E-state index in [1.54, 1.807) is 12.3 Å². The number of hydrogen-bond donors (Lipinski definition) is 0. The summed E-state index contributed by atoms with van der Waals surface area (Å²) in [4.78, 5) is 26.6. The van der Waals surface area contributed by atoms with E-state index in [9.17, 15) is 9.59 Å². The Balaban J connectivity index is 2.18. The fourth-order valence-corrected chi connectivity index (χ4v) is 3.11. The van der Waals surface area contributed by atoms with Crippen LogP contribution in [0, 0.1) is 6.92 Å². The molecule has 5 nitrogen and oxygen atoms in total. The Hall–Kier alpha value is -3.34. The van der Waals surface area contributed by atoms with Crippen molar-refractivity contribution in [2.45, 2.75) is 13.0 Å². The average Bonchev–Trinajstić information content (AvgIpc) is 2.72. The number of hydrogen-bond acceptors (Lipinski definition) is 5. The van der Waals surface area contributed by atoms with Crippen LogP contribution in [0.3, 0.4) is 0 Å². The first-order chi connectivity index (χ1) is 13.0. The van der Waals surface area contributed by atoms with Crippen LogP contribution in [0.25, 0.3) is 0 Å². The summed E-state index contributed by atoms with van der Waals surface area (Å²) in [6.07, 6.45) is 3.40. The summed E-state index contributed by atoms with van der Waals surface area (Å²) in [5, 5.41) is 0. The highest BCUT2D eigenvalue weighted by molar-refractivity contribution is 6.08. The molecule has 5 heteroatoms. The van der Waals surface area contributed by atoms with E-state index in [1.165, 1.54) is 14.2 Å². The molecule has 1 aliphatic heterocycles. The van der Waals surface area contributed by atoms with Crippen molar-refractivity contribution in [3.63, 3.8) is 0 Å². The van der Waals surface area contributed by atoms with E-state index in [1.807, 2.05) is 66.4 Å². The number of benzene rings is 2. The minimum atomic E-state index is -0.587. The molecule has 0 saturated heterocycles. The summed E-state index contributed by atoms with van der Waals surface area (Å²) in [5.41, 5.74) is 3.35. The molecule has 2 aromatic rings. The topological polar surface area (TPSA) is 55.8 Å². The molecular formula is C22H21NO4. The lowest BCUT2D eigenvalue weighted by Gasteiger charge is -2.33. The highest BCUT2D eigenvalue weighted by Gasteiger charge is 2.32. The van der Waals surface area contributed by atoms with E-state index < -0.39 is 11.9 Å². The number of rotatable bonds is 4. The fourth-order valence-electron chi connectivity index (χ4n) is 3.11. The Kier molecular flexibility index (Phi) is 5.41. The zero-order valence-electron chi connectivity index (χ0n) is 15.5. The molecule has 0 bridgehead atoms. The van der Waals surface area contributed by atoms with Gasteiger partial charge in [0.2, 0.25) is 0 Å². The number of aryl methyl sites for hydroxylation is 1. The third-order valence-corrected chi connectivity index (χ3v) is 4.43. The third-order valence-electron chi connectivity index (χ3n) is 4.43. The molecular weight excluding hydrogens is 342 g/mol. The van der Waals surface area contributed by atoms with Crippen molar-refractivity contribution in [2.24, 2.45) is 0 Å². The quantitative estimate of drug-likeness (QED) is 0.775. The molecule has 1 aliphatic rings. The second-order valence-electron chi connectivity index (χ2n) is 6.21. The maximum absolute atomic E-state index is 12.3. The van der Waals surface area contributed by atoms with Gasteiger partial charge in [0.05, 0.1) is 31.4 Å². The zero-order valence-corrected chi connectivity index (χ0v) is 15.5. The SMILES string of the molecule is COC(=O)C1=CC(c2ccccc2)N(c2cccc(C)c2)C=C1C(=O)OC. The molecule has 0 aromatic heterocycles. The summed E-state index contributed by atoms with van der Waals surface area (Å²) in [5.74, 6) is -1.16. The van der Waals surface area contributed by atoms with Crippen LogP contribution in [0.2, 0.25) is 0 Å². The van der Waals surface area contributed by atoms with Crippen LogP contribution in [-0.2, 0) is 19.1 Å². The predicted molar refractivity (Wildman–Crippen MR) is 103 cm³/mol. The van der Waals surface area contributed by atoms with Crippen molar-refractivity contribution < 1.29 is 19.1 Å². The summed E-state index contributed by atoms with van der Waals surface area (Å²) in [6.45, 7) is 2.01. The monoisotopic (exact) mass is 363 g/mol. The molecule has 3 rings (SSSR count). The predicted octanol–water partition coefficient (Wildman–Crippen LogP) is 3.71. The number of methoxy groups -OCH3 is 2. The van der Waals surface area contributed by atoms with Gasteiger partial charge in [-0.15, -0.1) is 0 Å². The lowest BCUT2D eigenvalue weighted by atomic mass is 9.94. The Labute approximate surface area is 158 Å². The van der Waals surface area contributed by atoms with Crippen molar-refractivity contribution in [3.8, 4) is 0 Å². The van der Waals surface area contributed by atoms with Crippen LogP contribution >= 0.6 is 0 Å². The molecule has 0 spiro atoms. The molecule has 2 aromatic carbocycles. The van der Waals surface area contributed by atoms with Crippen LogP contribution in [0.15, 0.2) is 78.0 Å². The van der Waals surface area contributed by atoms with E-state index in [2.05, 4.69) is 0 Å². The van der Waals surface area contributed by atoms with Crippen LogP contribution in [-0.4, -0.2) is 26.2 Å². The van der Waals surface area contributed by atoms with Gasteiger partial charge in [-0.1, -0.05) is 42.5 Å². The van der Waals surface area contributed by atoms with E-state index in [-0.39, 0.29) is 17.2 Å². The summed E-state index contributed by atoms with van der Waals surface area (Å²) < 4.78 is 9.77. The molecule has 0 saturated carbocycles. The molecule has 0 radical (unpaired) electrons. The first kappa shape index (κ1) is 18.5. The van der Waals surface area contributed by atoms with Gasteiger partial charge in [-0.2, -0.15) is 0 Å². The molecule has 0 amide bonds. The van der Waals surface area contributed by atoms with Gasteiger partial charge in [0.15, 0.2) is 0 Å². The van der Waals surface area contributed by atoms with Crippen molar-refractivity contribution in [1.29, 1.82) is 0 Å². The standard InChI is InChI=1S/C22H21NO4/c1-15-8-7-11-17(12-15)23-14-19(22(25)27-3)18(21(24)26-2)13-20(23)16-9-5-4-6-10-16/h4-14,20H,1-3H3. The van der Waals surface area contributed by atoms with Gasteiger partial charge in [-0.05, 0) is 36.3 Å². The molecule has 0 N–H and O–H groups in total. The third kappa shape index (κ3) is 3.77. The van der Waals surface area contributed by atoms with E-state index >= 15 is 0 Å². The Morgan fingerprint density at radius 2 is 1.56 bits per heavy atom. The van der Waals surface area contributed by atoms with Crippen LogP contribution in [0.4, 0.5) is 5.69 Å². The van der Waals surface area contributed by atoms with E-state index in [0.29, 0.717) is 0 Å². The van der Waals surface area contributed by atoms with Crippen molar-refractivity contribution in [1.82, 2.24) is 0 Å². The Morgan fingerprint density at radius 1 is 0.889 bits per heavy atom. The van der Waals surface area contributed by atoms with Gasteiger partial charge < -0.3 is 14.4 Å². The van der Waals surface area contributed by atoms with Crippen LogP contribution in [0.5, 0.6) is 0 Å². The van der Waals surface area contributed by atoms with Crippen molar-refractivity contribution in [3.05, 3.63) is 89.1 Å². The fraction of sp³-hybridized carbons (Fsp3) is 0.182. The maximum atomic E-state index is 12.3. The minimum absolute atomic E-state index is 0.165. The van der Waals surface area contributed by atoms with Gasteiger partial charge in [-0.3, -0.25) is 0 Å². The molecule has 0 fully saturated rings. The molecule has 1 atom stereocenters. The lowest BCUT2D eigenvalue weighted by Crippen LogP contribution is -2.30.